The Bertz CT molecular complexity index is 442. The van der Waals surface area contributed by atoms with Gasteiger partial charge in [0.15, 0.2) is 0 Å². The summed E-state index contributed by atoms with van der Waals surface area (Å²) in [5.74, 6) is 0. The topological polar surface area (TPSA) is 24.5 Å². The number of ether oxygens (including phenoxy) is 1. The van der Waals surface area contributed by atoms with Crippen LogP contribution in [0.4, 0.5) is 0 Å². The van der Waals surface area contributed by atoms with Gasteiger partial charge in [-0.1, -0.05) is 49.2 Å². The van der Waals surface area contributed by atoms with Crippen LogP contribution in [-0.4, -0.2) is 43.8 Å². The van der Waals surface area contributed by atoms with Crippen molar-refractivity contribution in [2.24, 2.45) is 0 Å². The number of hydrogen-bond donors (Lipinski definition) is 1. The molecule has 0 radical (unpaired) electrons. The Balaban J connectivity index is 2.23. The van der Waals surface area contributed by atoms with Gasteiger partial charge in [-0.2, -0.15) is 0 Å². The number of likely N-dealkylation sites (N-methyl/N-ethyl adjacent to an activating group) is 2. The molecule has 0 amide bonds. The summed E-state index contributed by atoms with van der Waals surface area (Å²) in [6.45, 7) is 8.84. The maximum atomic E-state index is 6.37. The number of halogens is 2. The van der Waals surface area contributed by atoms with Crippen LogP contribution in [-0.2, 0) is 4.74 Å². The predicted molar refractivity (Wildman–Crippen MR) is 84.7 cm³/mol. The van der Waals surface area contributed by atoms with Crippen molar-refractivity contribution in [3.05, 3.63) is 33.8 Å². The first kappa shape index (κ1) is 16.1. The van der Waals surface area contributed by atoms with Crippen molar-refractivity contribution in [2.45, 2.75) is 26.0 Å². The first-order valence-corrected chi connectivity index (χ1v) is 7.94. The maximum Gasteiger partial charge on any atom is 0.0897 e. The van der Waals surface area contributed by atoms with Crippen molar-refractivity contribution in [1.29, 1.82) is 0 Å². The van der Waals surface area contributed by atoms with Crippen molar-refractivity contribution in [1.82, 2.24) is 10.2 Å². The minimum Gasteiger partial charge on any atom is -0.374 e. The Morgan fingerprint density at radius 3 is 2.90 bits per heavy atom. The predicted octanol–water partition coefficient (Wildman–Crippen LogP) is 3.36. The number of rotatable bonds is 5. The van der Waals surface area contributed by atoms with E-state index in [2.05, 4.69) is 24.1 Å². The fourth-order valence-corrected chi connectivity index (χ4v) is 3.07. The quantitative estimate of drug-likeness (QED) is 0.901. The minimum atomic E-state index is 0.0700. The number of nitrogens with one attached hydrogen (secondary N) is 1. The summed E-state index contributed by atoms with van der Waals surface area (Å²) < 4.78 is 5.97. The summed E-state index contributed by atoms with van der Waals surface area (Å²) >= 11 is 12.5. The van der Waals surface area contributed by atoms with Crippen LogP contribution in [0.5, 0.6) is 0 Å². The SMILES string of the molecule is CCNC(c1cccc(Cl)c1Cl)C1CN(CC)CCO1. The highest BCUT2D eigenvalue weighted by Gasteiger charge is 2.29. The van der Waals surface area contributed by atoms with E-state index in [0.29, 0.717) is 10.0 Å². The van der Waals surface area contributed by atoms with Gasteiger partial charge in [0.05, 0.1) is 28.8 Å². The van der Waals surface area contributed by atoms with Gasteiger partial charge in [-0.05, 0) is 24.7 Å². The highest BCUT2D eigenvalue weighted by atomic mass is 35.5. The van der Waals surface area contributed by atoms with Crippen LogP contribution in [0, 0.1) is 0 Å². The van der Waals surface area contributed by atoms with Crippen molar-refractivity contribution < 1.29 is 4.74 Å². The van der Waals surface area contributed by atoms with Gasteiger partial charge in [0.2, 0.25) is 0 Å². The number of nitrogens with zero attached hydrogens (tertiary/aromatic N) is 1. The summed E-state index contributed by atoms with van der Waals surface area (Å²) in [4.78, 5) is 2.40. The third kappa shape index (κ3) is 3.66. The standard InChI is InChI=1S/C15H22Cl2N2O/c1-3-18-15(11-6-5-7-12(16)14(11)17)13-10-19(4-2)8-9-20-13/h5-7,13,15,18H,3-4,8-10H2,1-2H3. The van der Waals surface area contributed by atoms with Crippen molar-refractivity contribution >= 4 is 23.2 Å². The Morgan fingerprint density at radius 2 is 2.20 bits per heavy atom. The Hall–Kier alpha value is -0.320. The maximum absolute atomic E-state index is 6.37. The molecule has 1 aliphatic heterocycles. The molecule has 0 spiro atoms. The van der Waals surface area contributed by atoms with Crippen molar-refractivity contribution in [3.63, 3.8) is 0 Å². The van der Waals surface area contributed by atoms with Gasteiger partial charge in [-0.25, -0.2) is 0 Å². The molecule has 0 aromatic heterocycles. The summed E-state index contributed by atoms with van der Waals surface area (Å²) in [7, 11) is 0. The molecule has 1 aromatic rings. The van der Waals surface area contributed by atoms with Crippen LogP contribution in [0.1, 0.15) is 25.5 Å². The smallest absolute Gasteiger partial charge is 0.0897 e. The van der Waals surface area contributed by atoms with Crippen LogP contribution >= 0.6 is 23.2 Å². The molecule has 1 aliphatic rings. The molecule has 0 saturated carbocycles. The van der Waals surface area contributed by atoms with Gasteiger partial charge in [0, 0.05) is 13.1 Å². The van der Waals surface area contributed by atoms with Crippen LogP contribution < -0.4 is 5.32 Å². The van der Waals surface area contributed by atoms with Crippen molar-refractivity contribution in [3.8, 4) is 0 Å². The molecule has 1 N–H and O–H groups in total. The molecule has 5 heteroatoms. The molecule has 1 fully saturated rings. The molecule has 2 atom stereocenters. The normalized spacial score (nSPS) is 21.9. The van der Waals surface area contributed by atoms with Crippen LogP contribution in [0.15, 0.2) is 18.2 Å². The number of benzene rings is 1. The van der Waals surface area contributed by atoms with Gasteiger partial charge in [-0.3, -0.25) is 4.90 Å². The summed E-state index contributed by atoms with van der Waals surface area (Å²) in [5, 5.41) is 4.70. The van der Waals surface area contributed by atoms with Crippen molar-refractivity contribution in [2.75, 3.05) is 32.8 Å². The fourth-order valence-electron chi connectivity index (χ4n) is 2.64. The van der Waals surface area contributed by atoms with Gasteiger partial charge < -0.3 is 10.1 Å². The zero-order chi connectivity index (χ0) is 14.5. The Morgan fingerprint density at radius 1 is 1.40 bits per heavy atom. The molecule has 0 bridgehead atoms. The molecule has 0 aliphatic carbocycles. The Labute approximate surface area is 131 Å². The molecule has 2 unspecified atom stereocenters. The fraction of sp³-hybridized carbons (Fsp3) is 0.600. The summed E-state index contributed by atoms with van der Waals surface area (Å²) in [6, 6.07) is 5.85. The van der Waals surface area contributed by atoms with Crippen LogP contribution in [0.2, 0.25) is 10.0 Å². The lowest BCUT2D eigenvalue weighted by Crippen LogP contribution is -2.48. The molecule has 20 heavy (non-hydrogen) atoms. The molecular weight excluding hydrogens is 295 g/mol. The lowest BCUT2D eigenvalue weighted by atomic mass is 9.99. The second kappa shape index (κ2) is 7.62. The minimum absolute atomic E-state index is 0.0700. The lowest BCUT2D eigenvalue weighted by Gasteiger charge is -2.37. The second-order valence-corrected chi connectivity index (χ2v) is 5.77. The molecular formula is C15H22Cl2N2O. The van der Waals surface area contributed by atoms with Crippen LogP contribution in [0.3, 0.4) is 0 Å². The van der Waals surface area contributed by atoms with Gasteiger partial charge >= 0.3 is 0 Å². The van der Waals surface area contributed by atoms with Crippen LogP contribution in [0.25, 0.3) is 0 Å². The third-order valence-electron chi connectivity index (χ3n) is 3.74. The lowest BCUT2D eigenvalue weighted by molar-refractivity contribution is -0.0453. The van der Waals surface area contributed by atoms with E-state index in [1.165, 1.54) is 0 Å². The van der Waals surface area contributed by atoms with E-state index in [-0.39, 0.29) is 12.1 Å². The summed E-state index contributed by atoms with van der Waals surface area (Å²) in [5.41, 5.74) is 1.02. The first-order valence-electron chi connectivity index (χ1n) is 7.18. The monoisotopic (exact) mass is 316 g/mol. The highest BCUT2D eigenvalue weighted by molar-refractivity contribution is 6.42. The van der Waals surface area contributed by atoms with E-state index in [9.17, 15) is 0 Å². The largest absolute Gasteiger partial charge is 0.374 e. The van der Waals surface area contributed by atoms with E-state index >= 15 is 0 Å². The van der Waals surface area contributed by atoms with E-state index in [1.807, 2.05) is 18.2 Å². The van der Waals surface area contributed by atoms with E-state index in [0.717, 1.165) is 38.3 Å². The Kier molecular flexibility index (Phi) is 6.12. The van der Waals surface area contributed by atoms with Gasteiger partial charge in [0.1, 0.15) is 0 Å². The zero-order valence-electron chi connectivity index (χ0n) is 12.0. The number of hydrogen-bond acceptors (Lipinski definition) is 3. The molecule has 2 rings (SSSR count). The van der Waals surface area contributed by atoms with E-state index in [4.69, 9.17) is 27.9 Å². The molecule has 1 saturated heterocycles. The van der Waals surface area contributed by atoms with Gasteiger partial charge in [0.25, 0.3) is 0 Å². The molecule has 112 valence electrons. The molecule has 1 heterocycles. The zero-order valence-corrected chi connectivity index (χ0v) is 13.5. The van der Waals surface area contributed by atoms with E-state index in [1.54, 1.807) is 0 Å². The third-order valence-corrected chi connectivity index (χ3v) is 4.57. The first-order chi connectivity index (χ1) is 9.67. The average Bonchev–Trinajstić information content (AvgIpc) is 2.48. The summed E-state index contributed by atoms with van der Waals surface area (Å²) in [6.07, 6.45) is 0.0969. The molecule has 3 nitrogen and oxygen atoms in total. The average molecular weight is 317 g/mol. The number of morpholine rings is 1. The van der Waals surface area contributed by atoms with E-state index < -0.39 is 0 Å². The molecule has 1 aromatic carbocycles. The van der Waals surface area contributed by atoms with Gasteiger partial charge in [-0.15, -0.1) is 0 Å². The second-order valence-electron chi connectivity index (χ2n) is 4.98. The highest BCUT2D eigenvalue weighted by Crippen LogP contribution is 2.33.